The summed E-state index contributed by atoms with van der Waals surface area (Å²) in [5.74, 6) is 1.19. The molecule has 1 heterocycles. The molecule has 4 rings (SSSR count). The van der Waals surface area contributed by atoms with Gasteiger partial charge >= 0.3 is 0 Å². The number of hydrogen-bond donors (Lipinski definition) is 2. The van der Waals surface area contributed by atoms with E-state index in [2.05, 4.69) is 25.6 Å². The number of rotatable bonds is 6. The van der Waals surface area contributed by atoms with Crippen LogP contribution in [0.25, 0.3) is 0 Å². The Morgan fingerprint density at radius 3 is 2.52 bits per heavy atom. The number of aromatic nitrogens is 3. The number of nitrogens with zero attached hydrogens (tertiary/aromatic N) is 3. The van der Waals surface area contributed by atoms with Crippen LogP contribution < -0.4 is 10.9 Å². The zero-order valence-corrected chi connectivity index (χ0v) is 14.5. The fourth-order valence-electron chi connectivity index (χ4n) is 2.64. The molecule has 2 aliphatic carbocycles. The first-order valence-corrected chi connectivity index (χ1v) is 9.43. The Morgan fingerprint density at radius 1 is 1.08 bits per heavy atom. The molecule has 130 valence electrons. The van der Waals surface area contributed by atoms with Crippen LogP contribution in [0.4, 0.5) is 0 Å². The molecular formula is C17H19N5O2S. The molecule has 25 heavy (non-hydrogen) atoms. The molecule has 2 aromatic rings. The number of thioether (sulfide) groups is 1. The van der Waals surface area contributed by atoms with Gasteiger partial charge < -0.3 is 4.57 Å². The van der Waals surface area contributed by atoms with Crippen LogP contribution >= 0.6 is 11.8 Å². The number of amides is 2. The van der Waals surface area contributed by atoms with Crippen LogP contribution in [0.3, 0.4) is 0 Å². The SMILES string of the molecule is O=C(CSc1nnc(C2CC2)n1C1CC1)NNC(=O)c1ccccc1. The highest BCUT2D eigenvalue weighted by atomic mass is 32.2. The van der Waals surface area contributed by atoms with Gasteiger partial charge in [-0.05, 0) is 37.8 Å². The molecule has 0 unspecified atom stereocenters. The smallest absolute Gasteiger partial charge is 0.269 e. The van der Waals surface area contributed by atoms with E-state index in [1.54, 1.807) is 24.3 Å². The van der Waals surface area contributed by atoms with Crippen molar-refractivity contribution in [1.82, 2.24) is 25.6 Å². The largest absolute Gasteiger partial charge is 0.303 e. The summed E-state index contributed by atoms with van der Waals surface area (Å²) >= 11 is 1.36. The highest BCUT2D eigenvalue weighted by molar-refractivity contribution is 7.99. The Labute approximate surface area is 149 Å². The van der Waals surface area contributed by atoms with Crippen molar-refractivity contribution in [2.75, 3.05) is 5.75 Å². The fraction of sp³-hybridized carbons (Fsp3) is 0.412. The summed E-state index contributed by atoms with van der Waals surface area (Å²) in [7, 11) is 0. The summed E-state index contributed by atoms with van der Waals surface area (Å²) in [6.45, 7) is 0. The molecule has 2 aliphatic rings. The lowest BCUT2D eigenvalue weighted by Gasteiger charge is -2.09. The van der Waals surface area contributed by atoms with Gasteiger partial charge in [-0.1, -0.05) is 30.0 Å². The monoisotopic (exact) mass is 357 g/mol. The van der Waals surface area contributed by atoms with Gasteiger partial charge in [-0.3, -0.25) is 20.4 Å². The summed E-state index contributed by atoms with van der Waals surface area (Å²) in [6.07, 6.45) is 4.68. The van der Waals surface area contributed by atoms with Gasteiger partial charge in [0, 0.05) is 17.5 Å². The average Bonchev–Trinajstić information content (AvgIpc) is 3.57. The number of hydrazine groups is 1. The van der Waals surface area contributed by atoms with E-state index in [9.17, 15) is 9.59 Å². The molecule has 2 N–H and O–H groups in total. The Morgan fingerprint density at radius 2 is 1.84 bits per heavy atom. The van der Waals surface area contributed by atoms with Crippen LogP contribution in [0.1, 0.15) is 53.8 Å². The number of nitrogens with one attached hydrogen (secondary N) is 2. The highest BCUT2D eigenvalue weighted by Crippen LogP contribution is 2.45. The number of hydrogen-bond acceptors (Lipinski definition) is 5. The predicted molar refractivity (Wildman–Crippen MR) is 93.0 cm³/mol. The normalized spacial score (nSPS) is 16.5. The molecule has 0 aliphatic heterocycles. The standard InChI is InChI=1S/C17H19N5O2S/c23-14(18-20-16(24)12-4-2-1-3-5-12)10-25-17-21-19-15(11-6-7-11)22(17)13-8-9-13/h1-5,11,13H,6-10H2,(H,18,23)(H,20,24). The minimum absolute atomic E-state index is 0.185. The van der Waals surface area contributed by atoms with E-state index in [-0.39, 0.29) is 17.6 Å². The molecule has 0 bridgehead atoms. The number of benzene rings is 1. The van der Waals surface area contributed by atoms with Crippen LogP contribution in [0, 0.1) is 0 Å². The van der Waals surface area contributed by atoms with Gasteiger partial charge in [0.05, 0.1) is 5.75 Å². The highest BCUT2D eigenvalue weighted by Gasteiger charge is 2.36. The summed E-state index contributed by atoms with van der Waals surface area (Å²) in [6, 6.07) is 9.25. The van der Waals surface area contributed by atoms with Crippen molar-refractivity contribution in [3.05, 3.63) is 41.7 Å². The third-order valence-electron chi connectivity index (χ3n) is 4.23. The fourth-order valence-corrected chi connectivity index (χ4v) is 3.45. The van der Waals surface area contributed by atoms with E-state index in [1.807, 2.05) is 6.07 Å². The molecule has 2 amide bonds. The first-order chi connectivity index (χ1) is 12.2. The van der Waals surface area contributed by atoms with Crippen LogP contribution in [-0.4, -0.2) is 32.3 Å². The van der Waals surface area contributed by atoms with Crippen molar-refractivity contribution in [1.29, 1.82) is 0 Å². The van der Waals surface area contributed by atoms with E-state index >= 15 is 0 Å². The first kappa shape index (κ1) is 16.1. The summed E-state index contributed by atoms with van der Waals surface area (Å²) in [4.78, 5) is 23.9. The van der Waals surface area contributed by atoms with Gasteiger partial charge in [-0.25, -0.2) is 0 Å². The van der Waals surface area contributed by atoms with Gasteiger partial charge in [-0.15, -0.1) is 10.2 Å². The third kappa shape index (κ3) is 3.84. The Bertz CT molecular complexity index is 784. The molecular weight excluding hydrogens is 338 g/mol. The summed E-state index contributed by atoms with van der Waals surface area (Å²) in [5.41, 5.74) is 5.36. The lowest BCUT2D eigenvalue weighted by Crippen LogP contribution is -2.42. The topological polar surface area (TPSA) is 88.9 Å². The second-order valence-corrected chi connectivity index (χ2v) is 7.32. The quantitative estimate of drug-likeness (QED) is 0.610. The molecule has 0 radical (unpaired) electrons. The minimum atomic E-state index is -0.337. The Kier molecular flexibility index (Phi) is 4.44. The van der Waals surface area contributed by atoms with Crippen LogP contribution in [-0.2, 0) is 4.79 Å². The van der Waals surface area contributed by atoms with Crippen molar-refractivity contribution in [3.8, 4) is 0 Å². The molecule has 0 spiro atoms. The second-order valence-electron chi connectivity index (χ2n) is 6.37. The average molecular weight is 357 g/mol. The lowest BCUT2D eigenvalue weighted by molar-refractivity contribution is -0.119. The van der Waals surface area contributed by atoms with Crippen LogP contribution in [0.2, 0.25) is 0 Å². The number of carbonyl (C=O) groups is 2. The van der Waals surface area contributed by atoms with Crippen molar-refractivity contribution < 1.29 is 9.59 Å². The molecule has 1 aromatic heterocycles. The van der Waals surface area contributed by atoms with E-state index in [1.165, 1.54) is 24.6 Å². The van der Waals surface area contributed by atoms with Gasteiger partial charge in [0.15, 0.2) is 5.16 Å². The molecule has 8 heteroatoms. The third-order valence-corrected chi connectivity index (χ3v) is 5.17. The summed E-state index contributed by atoms with van der Waals surface area (Å²) in [5, 5.41) is 9.38. The second kappa shape index (κ2) is 6.87. The van der Waals surface area contributed by atoms with Crippen molar-refractivity contribution >= 4 is 23.6 Å². The zero-order valence-electron chi connectivity index (χ0n) is 13.6. The minimum Gasteiger partial charge on any atom is -0.303 e. The zero-order chi connectivity index (χ0) is 17.2. The molecule has 7 nitrogen and oxygen atoms in total. The maximum Gasteiger partial charge on any atom is 0.269 e. The van der Waals surface area contributed by atoms with Crippen LogP contribution in [0.15, 0.2) is 35.5 Å². The molecule has 2 fully saturated rings. The summed E-state index contributed by atoms with van der Waals surface area (Å²) < 4.78 is 2.21. The Balaban J connectivity index is 1.30. The lowest BCUT2D eigenvalue weighted by atomic mass is 10.2. The maximum absolute atomic E-state index is 12.0. The first-order valence-electron chi connectivity index (χ1n) is 8.44. The molecule has 0 atom stereocenters. The van der Waals surface area contributed by atoms with Gasteiger partial charge in [-0.2, -0.15) is 0 Å². The molecule has 1 aromatic carbocycles. The van der Waals surface area contributed by atoms with Gasteiger partial charge in [0.2, 0.25) is 5.91 Å². The maximum atomic E-state index is 12.0. The molecule has 2 saturated carbocycles. The van der Waals surface area contributed by atoms with Crippen molar-refractivity contribution in [2.24, 2.45) is 0 Å². The van der Waals surface area contributed by atoms with E-state index in [0.29, 0.717) is 17.5 Å². The predicted octanol–water partition coefficient (Wildman–Crippen LogP) is 2.04. The Hall–Kier alpha value is -2.35. The van der Waals surface area contributed by atoms with E-state index in [0.717, 1.165) is 23.8 Å². The van der Waals surface area contributed by atoms with Gasteiger partial charge in [0.1, 0.15) is 5.82 Å². The molecule has 0 saturated heterocycles. The van der Waals surface area contributed by atoms with Gasteiger partial charge in [0.25, 0.3) is 5.91 Å². The van der Waals surface area contributed by atoms with Crippen molar-refractivity contribution in [2.45, 2.75) is 42.8 Å². The number of carbonyl (C=O) groups excluding carboxylic acids is 2. The van der Waals surface area contributed by atoms with Crippen LogP contribution in [0.5, 0.6) is 0 Å². The van der Waals surface area contributed by atoms with E-state index < -0.39 is 0 Å². The van der Waals surface area contributed by atoms with E-state index in [4.69, 9.17) is 0 Å². The van der Waals surface area contributed by atoms with Crippen molar-refractivity contribution in [3.63, 3.8) is 0 Å².